The van der Waals surface area contributed by atoms with Crippen molar-refractivity contribution in [1.82, 2.24) is 15.5 Å². The lowest BCUT2D eigenvalue weighted by atomic mass is 10.1. The molecule has 1 aliphatic rings. The third-order valence-corrected chi connectivity index (χ3v) is 6.77. The number of aliphatic imine (C=N–C) groups is 1. The molecule has 2 heterocycles. The number of benzene rings is 2. The highest BCUT2D eigenvalue weighted by atomic mass is 35.5. The summed E-state index contributed by atoms with van der Waals surface area (Å²) in [6.07, 6.45) is 4.46. The highest BCUT2D eigenvalue weighted by Gasteiger charge is 2.28. The van der Waals surface area contributed by atoms with E-state index >= 15 is 0 Å². The number of hydrogen-bond donors (Lipinski definition) is 3. The molecule has 0 radical (unpaired) electrons. The number of guanidine groups is 1. The predicted octanol–water partition coefficient (Wildman–Crippen LogP) is 4.63. The standard InChI is InChI=1S/C27H28Cl2N6O3/c1-17-12-19-13-21(7-8-24(19)38-17)33-27(32-16-30)34-23-4-2-3-11-35(26(23)37)15-25(36)31-10-9-18-5-6-20(28)14-22(18)29/h5-8,12-14,23H,2-4,9-11,15H2,1H3,(H,31,36)(H2,32,33,34)/t23-/m0/s1. The molecule has 0 aliphatic carbocycles. The van der Waals surface area contributed by atoms with Crippen LogP contribution in [0.2, 0.25) is 10.0 Å². The van der Waals surface area contributed by atoms with E-state index in [9.17, 15) is 14.9 Å². The molecule has 198 valence electrons. The molecule has 3 N–H and O–H groups in total. The molecule has 1 aromatic heterocycles. The minimum atomic E-state index is -0.721. The van der Waals surface area contributed by atoms with Crippen LogP contribution in [0.3, 0.4) is 0 Å². The quantitative estimate of drug-likeness (QED) is 0.169. The number of carbonyl (C=O) groups excluding carboxylic acids is 2. The first-order chi connectivity index (χ1) is 18.3. The van der Waals surface area contributed by atoms with Gasteiger partial charge in [0.25, 0.3) is 0 Å². The van der Waals surface area contributed by atoms with Crippen LogP contribution in [0.25, 0.3) is 11.0 Å². The second kappa shape index (κ2) is 12.7. The largest absolute Gasteiger partial charge is 0.461 e. The number of nitrogens with zero attached hydrogens (tertiary/aromatic N) is 3. The van der Waals surface area contributed by atoms with Crippen molar-refractivity contribution in [2.75, 3.05) is 25.0 Å². The summed E-state index contributed by atoms with van der Waals surface area (Å²) in [4.78, 5) is 31.9. The lowest BCUT2D eigenvalue weighted by Gasteiger charge is -2.22. The molecular formula is C27H28Cl2N6O3. The van der Waals surface area contributed by atoms with E-state index in [1.807, 2.05) is 43.4 Å². The van der Waals surface area contributed by atoms with Crippen LogP contribution in [0.1, 0.15) is 30.6 Å². The van der Waals surface area contributed by atoms with Gasteiger partial charge in [-0.2, -0.15) is 5.26 Å². The van der Waals surface area contributed by atoms with Gasteiger partial charge in [-0.3, -0.25) is 14.9 Å². The third-order valence-electron chi connectivity index (χ3n) is 6.18. The molecule has 0 unspecified atom stereocenters. The zero-order valence-corrected chi connectivity index (χ0v) is 22.4. The van der Waals surface area contributed by atoms with Crippen LogP contribution >= 0.6 is 23.2 Å². The van der Waals surface area contributed by atoms with E-state index < -0.39 is 6.04 Å². The van der Waals surface area contributed by atoms with Crippen molar-refractivity contribution in [3.05, 3.63) is 63.8 Å². The number of rotatable bonds is 7. The Morgan fingerprint density at radius 3 is 2.84 bits per heavy atom. The summed E-state index contributed by atoms with van der Waals surface area (Å²) in [5.41, 5.74) is 2.32. The Bertz CT molecular complexity index is 1400. The molecule has 38 heavy (non-hydrogen) atoms. The lowest BCUT2D eigenvalue weighted by molar-refractivity contribution is -0.136. The van der Waals surface area contributed by atoms with E-state index in [0.717, 1.165) is 35.1 Å². The van der Waals surface area contributed by atoms with E-state index in [4.69, 9.17) is 27.6 Å². The van der Waals surface area contributed by atoms with E-state index in [2.05, 4.69) is 20.9 Å². The Hall–Kier alpha value is -3.74. The minimum Gasteiger partial charge on any atom is -0.461 e. The number of hydrogen-bond acceptors (Lipinski definition) is 5. The van der Waals surface area contributed by atoms with Gasteiger partial charge in [0, 0.05) is 34.2 Å². The predicted molar refractivity (Wildman–Crippen MR) is 148 cm³/mol. The molecule has 9 nitrogen and oxygen atoms in total. The number of nitrogens with one attached hydrogen (secondary N) is 3. The minimum absolute atomic E-state index is 0.0653. The SMILES string of the molecule is Cc1cc2cc(NC(=N[C@H]3CCCCN(CC(=O)NCCc4ccc(Cl)cc4Cl)C3=O)NC#N)ccc2o1. The van der Waals surface area contributed by atoms with Crippen molar-refractivity contribution >= 4 is 57.6 Å². The fourth-order valence-corrected chi connectivity index (χ4v) is 4.85. The number of fused-ring (bicyclic) bond motifs is 1. The lowest BCUT2D eigenvalue weighted by Crippen LogP contribution is -2.44. The zero-order chi connectivity index (χ0) is 27.1. The number of likely N-dealkylation sites (tertiary alicyclic amines) is 1. The number of carbonyl (C=O) groups is 2. The molecule has 1 saturated heterocycles. The van der Waals surface area contributed by atoms with Gasteiger partial charge >= 0.3 is 0 Å². The summed E-state index contributed by atoms with van der Waals surface area (Å²) < 4.78 is 5.61. The monoisotopic (exact) mass is 554 g/mol. The molecule has 1 aliphatic heterocycles. The smallest absolute Gasteiger partial charge is 0.247 e. The summed E-state index contributed by atoms with van der Waals surface area (Å²) in [6.45, 7) is 2.65. The Morgan fingerprint density at radius 1 is 1.21 bits per heavy atom. The molecule has 0 bridgehead atoms. The van der Waals surface area contributed by atoms with Crippen LogP contribution in [-0.2, 0) is 16.0 Å². The summed E-state index contributed by atoms with van der Waals surface area (Å²) in [7, 11) is 0. The van der Waals surface area contributed by atoms with Gasteiger partial charge in [-0.25, -0.2) is 4.99 Å². The maximum atomic E-state index is 13.3. The number of aryl methyl sites for hydroxylation is 1. The van der Waals surface area contributed by atoms with E-state index in [1.54, 1.807) is 12.1 Å². The Labute approximate surface area is 230 Å². The fraction of sp³-hybridized carbons (Fsp3) is 0.333. The van der Waals surface area contributed by atoms with Crippen LogP contribution in [0, 0.1) is 18.4 Å². The van der Waals surface area contributed by atoms with Crippen molar-refractivity contribution in [3.63, 3.8) is 0 Å². The highest BCUT2D eigenvalue weighted by molar-refractivity contribution is 6.35. The van der Waals surface area contributed by atoms with Crippen LogP contribution in [0.15, 0.2) is 51.9 Å². The maximum absolute atomic E-state index is 13.3. The Kier molecular flexibility index (Phi) is 9.10. The van der Waals surface area contributed by atoms with Crippen LogP contribution in [0.4, 0.5) is 5.69 Å². The summed E-state index contributed by atoms with van der Waals surface area (Å²) >= 11 is 12.1. The number of anilines is 1. The van der Waals surface area contributed by atoms with Gasteiger partial charge in [0.1, 0.15) is 17.4 Å². The van der Waals surface area contributed by atoms with Crippen molar-refractivity contribution in [2.45, 2.75) is 38.6 Å². The average molecular weight is 555 g/mol. The molecule has 11 heteroatoms. The summed E-state index contributed by atoms with van der Waals surface area (Å²) in [5, 5.41) is 19.7. The van der Waals surface area contributed by atoms with Crippen molar-refractivity contribution in [1.29, 1.82) is 5.26 Å². The molecule has 1 atom stereocenters. The van der Waals surface area contributed by atoms with Gasteiger partial charge in [0.05, 0.1) is 6.54 Å². The molecule has 0 spiro atoms. The average Bonchev–Trinajstić information content (AvgIpc) is 3.16. The normalized spacial score (nSPS) is 16.2. The van der Waals surface area contributed by atoms with Crippen molar-refractivity contribution in [3.8, 4) is 6.19 Å². The van der Waals surface area contributed by atoms with Gasteiger partial charge in [-0.05, 0) is 74.6 Å². The molecular weight excluding hydrogens is 527 g/mol. The topological polar surface area (TPSA) is 123 Å². The van der Waals surface area contributed by atoms with Gasteiger partial charge < -0.3 is 20.0 Å². The summed E-state index contributed by atoms with van der Waals surface area (Å²) in [5.74, 6) is 0.448. The zero-order valence-electron chi connectivity index (χ0n) is 20.9. The van der Waals surface area contributed by atoms with Gasteiger partial charge in [0.15, 0.2) is 6.19 Å². The van der Waals surface area contributed by atoms with Crippen molar-refractivity contribution < 1.29 is 14.0 Å². The first-order valence-electron chi connectivity index (χ1n) is 12.3. The maximum Gasteiger partial charge on any atom is 0.247 e. The first-order valence-corrected chi connectivity index (χ1v) is 13.1. The van der Waals surface area contributed by atoms with Crippen LogP contribution in [-0.4, -0.2) is 48.3 Å². The Morgan fingerprint density at radius 2 is 2.05 bits per heavy atom. The molecule has 0 saturated carbocycles. The third kappa shape index (κ3) is 7.18. The number of halogens is 2. The number of nitriles is 1. The van der Waals surface area contributed by atoms with Gasteiger partial charge in [-0.1, -0.05) is 29.3 Å². The molecule has 2 aromatic carbocycles. The van der Waals surface area contributed by atoms with E-state index in [1.165, 1.54) is 4.90 Å². The second-order valence-corrected chi connectivity index (χ2v) is 9.90. The fourth-order valence-electron chi connectivity index (χ4n) is 4.35. The molecule has 4 rings (SSSR count). The van der Waals surface area contributed by atoms with Gasteiger partial charge in [0.2, 0.25) is 17.8 Å². The van der Waals surface area contributed by atoms with Gasteiger partial charge in [-0.15, -0.1) is 0 Å². The molecule has 2 amide bonds. The van der Waals surface area contributed by atoms with Crippen molar-refractivity contribution in [2.24, 2.45) is 4.99 Å². The highest BCUT2D eigenvalue weighted by Crippen LogP contribution is 2.23. The Balaban J connectivity index is 1.38. The first kappa shape index (κ1) is 27.3. The van der Waals surface area contributed by atoms with E-state index in [0.29, 0.717) is 41.7 Å². The molecule has 1 fully saturated rings. The van der Waals surface area contributed by atoms with E-state index in [-0.39, 0.29) is 24.3 Å². The second-order valence-electron chi connectivity index (χ2n) is 9.06. The number of furan rings is 1. The summed E-state index contributed by atoms with van der Waals surface area (Å²) in [6, 6.07) is 11.9. The molecule has 3 aromatic rings. The van der Waals surface area contributed by atoms with Crippen LogP contribution in [0.5, 0.6) is 0 Å². The number of amides is 2. The van der Waals surface area contributed by atoms with Crippen LogP contribution < -0.4 is 16.0 Å².